The van der Waals surface area contributed by atoms with Gasteiger partial charge in [-0.1, -0.05) is 30.3 Å². The fourth-order valence-corrected chi connectivity index (χ4v) is 2.40. The van der Waals surface area contributed by atoms with E-state index >= 15 is 0 Å². The number of carbonyl (C=O) groups is 1. The Kier molecular flexibility index (Phi) is 4.66. The number of benzene rings is 1. The largest absolute Gasteiger partial charge is 0.339 e. The van der Waals surface area contributed by atoms with Crippen LogP contribution in [0.3, 0.4) is 0 Å². The smallest absolute Gasteiger partial charge is 0.235 e. The van der Waals surface area contributed by atoms with Crippen molar-refractivity contribution in [2.75, 3.05) is 26.2 Å². The Morgan fingerprint density at radius 2 is 1.83 bits per heavy atom. The van der Waals surface area contributed by atoms with Crippen molar-refractivity contribution < 1.29 is 4.79 Å². The first-order valence-corrected chi connectivity index (χ1v) is 6.91. The quantitative estimate of drug-likeness (QED) is 0.839. The zero-order valence-electron chi connectivity index (χ0n) is 10.7. The third-order valence-electron chi connectivity index (χ3n) is 3.29. The van der Waals surface area contributed by atoms with E-state index in [4.69, 9.17) is 0 Å². The number of amides is 1. The van der Waals surface area contributed by atoms with Crippen LogP contribution in [0.1, 0.15) is 12.5 Å². The fraction of sp³-hybridized carbons (Fsp3) is 0.500. The minimum atomic E-state index is -0.189. The number of hydrogen-bond donors (Lipinski definition) is 1. The highest BCUT2D eigenvalue weighted by Crippen LogP contribution is 2.10. The van der Waals surface area contributed by atoms with Gasteiger partial charge in [-0.3, -0.25) is 9.69 Å². The summed E-state index contributed by atoms with van der Waals surface area (Å²) in [5, 5.41) is -0.189. The Morgan fingerprint density at radius 3 is 2.39 bits per heavy atom. The zero-order valence-corrected chi connectivity index (χ0v) is 11.6. The van der Waals surface area contributed by atoms with Crippen molar-refractivity contribution in [1.82, 2.24) is 9.80 Å². The zero-order chi connectivity index (χ0) is 13.0. The third-order valence-corrected chi connectivity index (χ3v) is 3.51. The molecule has 1 aliphatic rings. The van der Waals surface area contributed by atoms with Crippen LogP contribution in [-0.2, 0) is 11.3 Å². The SMILES string of the molecule is CC(S)C(=O)N1CCN(Cc2ccccc2)CC1. The first-order chi connectivity index (χ1) is 8.66. The molecule has 1 aromatic rings. The van der Waals surface area contributed by atoms with Crippen LogP contribution in [0.25, 0.3) is 0 Å². The number of hydrogen-bond acceptors (Lipinski definition) is 3. The molecule has 98 valence electrons. The van der Waals surface area contributed by atoms with E-state index in [1.807, 2.05) is 17.9 Å². The monoisotopic (exact) mass is 264 g/mol. The van der Waals surface area contributed by atoms with Crippen molar-refractivity contribution >= 4 is 18.5 Å². The summed E-state index contributed by atoms with van der Waals surface area (Å²) >= 11 is 4.20. The molecule has 0 N–H and O–H groups in total. The number of piperazine rings is 1. The predicted octanol–water partition coefficient (Wildman–Crippen LogP) is 1.65. The second-order valence-electron chi connectivity index (χ2n) is 4.76. The second kappa shape index (κ2) is 6.25. The van der Waals surface area contributed by atoms with E-state index in [9.17, 15) is 4.79 Å². The van der Waals surface area contributed by atoms with Crippen molar-refractivity contribution in [3.05, 3.63) is 35.9 Å². The van der Waals surface area contributed by atoms with Crippen molar-refractivity contribution in [3.63, 3.8) is 0 Å². The summed E-state index contributed by atoms with van der Waals surface area (Å²) in [6.45, 7) is 6.33. The molecular weight excluding hydrogens is 244 g/mol. The molecular formula is C14H20N2OS. The van der Waals surface area contributed by atoms with Gasteiger partial charge >= 0.3 is 0 Å². The number of rotatable bonds is 3. The lowest BCUT2D eigenvalue weighted by molar-refractivity contribution is -0.132. The summed E-state index contributed by atoms with van der Waals surface area (Å²) in [5.41, 5.74) is 1.33. The highest BCUT2D eigenvalue weighted by atomic mass is 32.1. The highest BCUT2D eigenvalue weighted by Gasteiger charge is 2.22. The minimum absolute atomic E-state index is 0.151. The molecule has 1 heterocycles. The van der Waals surface area contributed by atoms with Crippen molar-refractivity contribution in [2.45, 2.75) is 18.7 Å². The van der Waals surface area contributed by atoms with Gasteiger partial charge in [0, 0.05) is 32.7 Å². The summed E-state index contributed by atoms with van der Waals surface area (Å²) in [7, 11) is 0. The van der Waals surface area contributed by atoms with Crippen molar-refractivity contribution in [1.29, 1.82) is 0 Å². The lowest BCUT2D eigenvalue weighted by atomic mass is 10.2. The molecule has 1 unspecified atom stereocenters. The van der Waals surface area contributed by atoms with Crippen LogP contribution in [0.15, 0.2) is 30.3 Å². The molecule has 0 saturated carbocycles. The van der Waals surface area contributed by atoms with E-state index in [-0.39, 0.29) is 11.2 Å². The molecule has 0 aromatic heterocycles. The van der Waals surface area contributed by atoms with E-state index in [2.05, 4.69) is 41.8 Å². The highest BCUT2D eigenvalue weighted by molar-refractivity contribution is 7.81. The van der Waals surface area contributed by atoms with Crippen LogP contribution in [0, 0.1) is 0 Å². The van der Waals surface area contributed by atoms with Crippen molar-refractivity contribution in [2.24, 2.45) is 0 Å². The van der Waals surface area contributed by atoms with Gasteiger partial charge in [-0.2, -0.15) is 12.6 Å². The molecule has 1 fully saturated rings. The number of carbonyl (C=O) groups excluding carboxylic acids is 1. The second-order valence-corrected chi connectivity index (χ2v) is 5.54. The van der Waals surface area contributed by atoms with Gasteiger partial charge in [0.1, 0.15) is 0 Å². The average molecular weight is 264 g/mol. The molecule has 3 nitrogen and oxygen atoms in total. The number of thiol groups is 1. The maximum Gasteiger partial charge on any atom is 0.235 e. The molecule has 1 aromatic carbocycles. The van der Waals surface area contributed by atoms with Gasteiger partial charge in [-0.15, -0.1) is 0 Å². The van der Waals surface area contributed by atoms with E-state index in [0.29, 0.717) is 0 Å². The Morgan fingerprint density at radius 1 is 1.22 bits per heavy atom. The fourth-order valence-electron chi connectivity index (χ4n) is 2.23. The normalized spacial score (nSPS) is 18.7. The summed E-state index contributed by atoms with van der Waals surface area (Å²) in [6, 6.07) is 10.5. The Balaban J connectivity index is 1.82. The molecule has 1 amide bonds. The summed E-state index contributed by atoms with van der Waals surface area (Å²) < 4.78 is 0. The summed E-state index contributed by atoms with van der Waals surface area (Å²) in [4.78, 5) is 16.1. The van der Waals surface area contributed by atoms with Crippen LogP contribution in [0.2, 0.25) is 0 Å². The Labute approximate surface area is 114 Å². The first-order valence-electron chi connectivity index (χ1n) is 6.40. The predicted molar refractivity (Wildman–Crippen MR) is 76.7 cm³/mol. The van der Waals surface area contributed by atoms with Crippen molar-refractivity contribution in [3.8, 4) is 0 Å². The lowest BCUT2D eigenvalue weighted by Gasteiger charge is -2.35. The van der Waals surface area contributed by atoms with Gasteiger partial charge < -0.3 is 4.90 Å². The lowest BCUT2D eigenvalue weighted by Crippen LogP contribution is -2.49. The van der Waals surface area contributed by atoms with Gasteiger partial charge in [-0.25, -0.2) is 0 Å². The van der Waals surface area contributed by atoms with Gasteiger partial charge in [0.15, 0.2) is 0 Å². The summed E-state index contributed by atoms with van der Waals surface area (Å²) in [5.74, 6) is 0.151. The Hall–Kier alpha value is -1.00. The third kappa shape index (κ3) is 3.50. The molecule has 1 atom stereocenters. The van der Waals surface area contributed by atoms with Gasteiger partial charge in [0.05, 0.1) is 5.25 Å². The molecule has 1 aliphatic heterocycles. The molecule has 0 aliphatic carbocycles. The topological polar surface area (TPSA) is 23.6 Å². The molecule has 1 saturated heterocycles. The minimum Gasteiger partial charge on any atom is -0.339 e. The molecule has 18 heavy (non-hydrogen) atoms. The molecule has 0 spiro atoms. The van der Waals surface area contributed by atoms with Gasteiger partial charge in [0.2, 0.25) is 5.91 Å². The maximum atomic E-state index is 11.8. The van der Waals surface area contributed by atoms with E-state index in [1.54, 1.807) is 0 Å². The average Bonchev–Trinajstić information content (AvgIpc) is 2.40. The van der Waals surface area contributed by atoms with Crippen LogP contribution in [-0.4, -0.2) is 47.1 Å². The van der Waals surface area contributed by atoms with Gasteiger partial charge in [-0.05, 0) is 12.5 Å². The number of nitrogens with zero attached hydrogens (tertiary/aromatic N) is 2. The van der Waals surface area contributed by atoms with Crippen LogP contribution in [0.4, 0.5) is 0 Å². The van der Waals surface area contributed by atoms with E-state index in [1.165, 1.54) is 5.56 Å². The molecule has 4 heteroatoms. The van der Waals surface area contributed by atoms with Crippen LogP contribution < -0.4 is 0 Å². The standard InChI is InChI=1S/C14H20N2OS/c1-12(18)14(17)16-9-7-15(8-10-16)11-13-5-3-2-4-6-13/h2-6,12,18H,7-11H2,1H3. The van der Waals surface area contributed by atoms with E-state index < -0.39 is 0 Å². The Bertz CT molecular complexity index is 386. The van der Waals surface area contributed by atoms with E-state index in [0.717, 1.165) is 32.7 Å². The van der Waals surface area contributed by atoms with Crippen LogP contribution in [0.5, 0.6) is 0 Å². The first kappa shape index (κ1) is 13.4. The van der Waals surface area contributed by atoms with Gasteiger partial charge in [0.25, 0.3) is 0 Å². The molecule has 0 radical (unpaired) electrons. The maximum absolute atomic E-state index is 11.8. The molecule has 2 rings (SSSR count). The summed E-state index contributed by atoms with van der Waals surface area (Å²) in [6.07, 6.45) is 0. The van der Waals surface area contributed by atoms with Crippen LogP contribution >= 0.6 is 12.6 Å². The molecule has 0 bridgehead atoms.